The second-order valence-electron chi connectivity index (χ2n) is 8.76. The molecule has 4 N–H and O–H groups in total. The van der Waals surface area contributed by atoms with Crippen LogP contribution in [0.3, 0.4) is 0 Å². The smallest absolute Gasteiger partial charge is 0.287 e. The summed E-state index contributed by atoms with van der Waals surface area (Å²) in [7, 11) is 1.70. The van der Waals surface area contributed by atoms with Crippen molar-refractivity contribution in [2.45, 2.75) is 28.8 Å². The lowest BCUT2D eigenvalue weighted by Crippen LogP contribution is -2.51. The highest BCUT2D eigenvalue weighted by Crippen LogP contribution is 2.39. The van der Waals surface area contributed by atoms with Crippen LogP contribution in [0, 0.1) is 5.41 Å². The summed E-state index contributed by atoms with van der Waals surface area (Å²) in [6, 6.07) is 24.5. The summed E-state index contributed by atoms with van der Waals surface area (Å²) in [6.07, 6.45) is 2.27. The lowest BCUT2D eigenvalue weighted by Gasteiger charge is -2.21. The van der Waals surface area contributed by atoms with Crippen molar-refractivity contribution in [3.05, 3.63) is 90.6 Å². The third-order valence-corrected chi connectivity index (χ3v) is 7.24. The fourth-order valence-corrected chi connectivity index (χ4v) is 5.41. The Morgan fingerprint density at radius 1 is 1.08 bits per heavy atom. The van der Waals surface area contributed by atoms with E-state index in [2.05, 4.69) is 22.4 Å². The SMILES string of the molecule is CN1C(=O)[C@@H](NC(=O)C(N)=NC(=N)Cc2ccccc2)Cn2cc(Sc3ccccc3)c3cccc1c32. The number of amidine groups is 2. The first-order valence-electron chi connectivity index (χ1n) is 11.8. The van der Waals surface area contributed by atoms with E-state index in [9.17, 15) is 9.59 Å². The summed E-state index contributed by atoms with van der Waals surface area (Å²) >= 11 is 1.65. The average molecular weight is 511 g/mol. The van der Waals surface area contributed by atoms with E-state index in [1.54, 1.807) is 23.7 Å². The molecule has 1 aromatic heterocycles. The van der Waals surface area contributed by atoms with Crippen LogP contribution in [0.5, 0.6) is 0 Å². The minimum atomic E-state index is -0.855. The highest BCUT2D eigenvalue weighted by molar-refractivity contribution is 7.99. The van der Waals surface area contributed by atoms with Gasteiger partial charge >= 0.3 is 0 Å². The highest BCUT2D eigenvalue weighted by atomic mass is 32.2. The summed E-state index contributed by atoms with van der Waals surface area (Å²) in [4.78, 5) is 33.9. The molecule has 37 heavy (non-hydrogen) atoms. The number of amides is 2. The Morgan fingerprint density at radius 3 is 2.51 bits per heavy atom. The van der Waals surface area contributed by atoms with Gasteiger partial charge < -0.3 is 20.5 Å². The van der Waals surface area contributed by atoms with Crippen LogP contribution >= 0.6 is 11.8 Å². The van der Waals surface area contributed by atoms with Crippen LogP contribution in [0.25, 0.3) is 10.9 Å². The Labute approximate surface area is 218 Å². The van der Waals surface area contributed by atoms with Gasteiger partial charge in [-0.1, -0.05) is 72.4 Å². The van der Waals surface area contributed by atoms with Gasteiger partial charge in [-0.05, 0) is 23.8 Å². The number of nitrogens with one attached hydrogen (secondary N) is 2. The summed E-state index contributed by atoms with van der Waals surface area (Å²) in [5, 5.41) is 11.9. The average Bonchev–Trinajstić information content (AvgIpc) is 3.20. The van der Waals surface area contributed by atoms with Crippen LogP contribution in [-0.4, -0.2) is 41.1 Å². The van der Waals surface area contributed by atoms with E-state index < -0.39 is 11.9 Å². The van der Waals surface area contributed by atoms with Gasteiger partial charge in [0.05, 0.1) is 17.7 Å². The fourth-order valence-electron chi connectivity index (χ4n) is 4.41. The van der Waals surface area contributed by atoms with Gasteiger partial charge in [-0.25, -0.2) is 4.99 Å². The summed E-state index contributed by atoms with van der Waals surface area (Å²) in [6.45, 7) is 0.243. The molecule has 0 fully saturated rings. The quantitative estimate of drug-likeness (QED) is 0.279. The number of nitrogens with two attached hydrogens (primary N) is 1. The molecule has 0 unspecified atom stereocenters. The number of para-hydroxylation sites is 1. The van der Waals surface area contributed by atoms with Crippen molar-refractivity contribution in [2.75, 3.05) is 11.9 Å². The first kappa shape index (κ1) is 24.3. The Balaban J connectivity index is 1.38. The van der Waals surface area contributed by atoms with Crippen molar-refractivity contribution >= 4 is 51.8 Å². The van der Waals surface area contributed by atoms with Gasteiger partial charge in [0, 0.05) is 34.8 Å². The summed E-state index contributed by atoms with van der Waals surface area (Å²) in [5.41, 5.74) is 8.51. The number of likely N-dealkylation sites (N-methyl/N-ethyl adjacent to an activating group) is 1. The maximum Gasteiger partial charge on any atom is 0.287 e. The van der Waals surface area contributed by atoms with Crippen molar-refractivity contribution in [1.82, 2.24) is 9.88 Å². The van der Waals surface area contributed by atoms with Gasteiger partial charge in [0.2, 0.25) is 0 Å². The normalized spacial score (nSPS) is 15.5. The zero-order chi connectivity index (χ0) is 25.9. The molecule has 1 aliphatic rings. The van der Waals surface area contributed by atoms with Crippen molar-refractivity contribution in [3.8, 4) is 0 Å². The number of hydrogen-bond acceptors (Lipinski definition) is 4. The predicted octanol–water partition coefficient (Wildman–Crippen LogP) is 3.83. The topological polar surface area (TPSA) is 117 Å². The van der Waals surface area contributed by atoms with Crippen molar-refractivity contribution in [2.24, 2.45) is 10.7 Å². The van der Waals surface area contributed by atoms with Gasteiger partial charge in [-0.2, -0.15) is 0 Å². The van der Waals surface area contributed by atoms with Crippen LogP contribution < -0.4 is 16.0 Å². The highest BCUT2D eigenvalue weighted by Gasteiger charge is 2.32. The maximum absolute atomic E-state index is 13.3. The molecular weight excluding hydrogens is 484 g/mol. The van der Waals surface area contributed by atoms with E-state index >= 15 is 0 Å². The molecule has 4 aromatic rings. The lowest BCUT2D eigenvalue weighted by atomic mass is 10.1. The zero-order valence-corrected chi connectivity index (χ0v) is 21.0. The molecule has 0 saturated heterocycles. The molecule has 2 heterocycles. The second-order valence-corrected chi connectivity index (χ2v) is 9.88. The number of hydrogen-bond donors (Lipinski definition) is 3. The first-order valence-corrected chi connectivity index (χ1v) is 12.6. The van der Waals surface area contributed by atoms with E-state index in [1.165, 1.54) is 0 Å². The van der Waals surface area contributed by atoms with Gasteiger partial charge in [0.25, 0.3) is 11.8 Å². The minimum Gasteiger partial charge on any atom is -0.379 e. The van der Waals surface area contributed by atoms with E-state index in [0.29, 0.717) is 0 Å². The third-order valence-electron chi connectivity index (χ3n) is 6.19. The number of nitrogens with zero attached hydrogens (tertiary/aromatic N) is 3. The second kappa shape index (κ2) is 10.3. The van der Waals surface area contributed by atoms with Gasteiger partial charge in [0.15, 0.2) is 5.84 Å². The molecular formula is C28H26N6O2S. The summed E-state index contributed by atoms with van der Waals surface area (Å²) in [5.74, 6) is -1.33. The monoisotopic (exact) mass is 510 g/mol. The zero-order valence-electron chi connectivity index (χ0n) is 20.2. The molecule has 0 saturated carbocycles. The van der Waals surface area contributed by atoms with Crippen LogP contribution in [0.15, 0.2) is 99.8 Å². The molecule has 186 valence electrons. The number of carbonyl (C=O) groups is 2. The molecule has 8 nitrogen and oxygen atoms in total. The molecule has 0 bridgehead atoms. The standard InChI is InChI=1S/C28H26N6O2S/c1-33-22-14-8-13-20-23(37-19-11-6-3-7-12-19)17-34(25(20)22)16-21(28(33)36)31-27(35)26(30)32-24(29)15-18-9-4-2-5-10-18/h2-14,17,21H,15-16H2,1H3,(H,31,35)(H3,29,30,32)/t21-/m0/s1. The molecule has 0 aliphatic carbocycles. The Hall–Kier alpha value is -4.37. The van der Waals surface area contributed by atoms with E-state index in [1.807, 2.05) is 77.5 Å². The van der Waals surface area contributed by atoms with Crippen LogP contribution in [0.4, 0.5) is 5.69 Å². The maximum atomic E-state index is 13.3. The van der Waals surface area contributed by atoms with E-state index in [4.69, 9.17) is 11.1 Å². The number of carbonyl (C=O) groups excluding carboxylic acids is 2. The number of aliphatic imine (C=N–C) groups is 1. The summed E-state index contributed by atoms with van der Waals surface area (Å²) < 4.78 is 2.01. The van der Waals surface area contributed by atoms with Gasteiger partial charge in [-0.3, -0.25) is 15.0 Å². The Morgan fingerprint density at radius 2 is 1.78 bits per heavy atom. The lowest BCUT2D eigenvalue weighted by molar-refractivity contribution is -0.124. The number of benzene rings is 3. The molecule has 1 atom stereocenters. The molecule has 1 aliphatic heterocycles. The third kappa shape index (κ3) is 5.12. The Kier molecular flexibility index (Phi) is 6.78. The van der Waals surface area contributed by atoms with E-state index in [-0.39, 0.29) is 30.5 Å². The molecule has 5 rings (SSSR count). The van der Waals surface area contributed by atoms with E-state index in [0.717, 1.165) is 31.9 Å². The van der Waals surface area contributed by atoms with Crippen LogP contribution in [-0.2, 0) is 22.6 Å². The molecule has 3 aromatic carbocycles. The van der Waals surface area contributed by atoms with Gasteiger partial charge in [0.1, 0.15) is 11.9 Å². The first-order chi connectivity index (χ1) is 17.9. The number of anilines is 1. The van der Waals surface area contributed by atoms with Crippen LogP contribution in [0.2, 0.25) is 0 Å². The Bertz CT molecular complexity index is 1510. The van der Waals surface area contributed by atoms with Gasteiger partial charge in [-0.15, -0.1) is 0 Å². The molecule has 0 radical (unpaired) electrons. The molecule has 9 heteroatoms. The largest absolute Gasteiger partial charge is 0.379 e. The van der Waals surface area contributed by atoms with Crippen molar-refractivity contribution < 1.29 is 9.59 Å². The molecule has 0 spiro atoms. The number of aromatic nitrogens is 1. The van der Waals surface area contributed by atoms with Crippen molar-refractivity contribution in [1.29, 1.82) is 5.41 Å². The predicted molar refractivity (Wildman–Crippen MR) is 147 cm³/mol. The van der Waals surface area contributed by atoms with Crippen LogP contribution in [0.1, 0.15) is 5.56 Å². The number of rotatable bonds is 5. The molecule has 2 amide bonds. The van der Waals surface area contributed by atoms with Crippen molar-refractivity contribution in [3.63, 3.8) is 0 Å². The fraction of sp³-hybridized carbons (Fsp3) is 0.143. The minimum absolute atomic E-state index is 0.0368.